The minimum absolute atomic E-state index is 0.274. The molecule has 0 fully saturated rings. The van der Waals surface area contributed by atoms with Crippen molar-refractivity contribution in [2.45, 2.75) is 0 Å². The molecule has 2 aromatic heterocycles. The van der Waals surface area contributed by atoms with Gasteiger partial charge in [-0.2, -0.15) is 5.10 Å². The maximum absolute atomic E-state index is 12.4. The number of hydrogen-bond donors (Lipinski definition) is 2. The molecule has 8 heteroatoms. The molecule has 0 aliphatic rings. The predicted molar refractivity (Wildman–Crippen MR) is 88.9 cm³/mol. The first kappa shape index (κ1) is 15.8. The van der Waals surface area contributed by atoms with E-state index in [1.165, 1.54) is 6.20 Å². The molecule has 2 N–H and O–H groups in total. The highest BCUT2D eigenvalue weighted by molar-refractivity contribution is 6.33. The summed E-state index contributed by atoms with van der Waals surface area (Å²) in [5.41, 5.74) is 5.33. The minimum atomic E-state index is -0.500. The molecule has 3 aromatic rings. The number of rotatable bonds is 3. The van der Waals surface area contributed by atoms with Crippen LogP contribution in [0.4, 0.5) is 0 Å². The minimum Gasteiger partial charge on any atom is -0.308 e. The average Bonchev–Trinajstić information content (AvgIpc) is 3.21. The van der Waals surface area contributed by atoms with Crippen molar-refractivity contribution in [3.63, 3.8) is 0 Å². The number of hydrogen-bond acceptors (Lipinski definition) is 3. The van der Waals surface area contributed by atoms with Gasteiger partial charge in [-0.15, -0.1) is 0 Å². The van der Waals surface area contributed by atoms with Gasteiger partial charge in [-0.3, -0.25) is 25.1 Å². The van der Waals surface area contributed by atoms with Crippen molar-refractivity contribution in [1.29, 1.82) is 0 Å². The lowest BCUT2D eigenvalue weighted by atomic mass is 10.2. The average molecular weight is 344 g/mol. The Labute approximate surface area is 142 Å². The van der Waals surface area contributed by atoms with E-state index in [2.05, 4.69) is 16.0 Å². The van der Waals surface area contributed by atoms with Crippen molar-refractivity contribution >= 4 is 23.4 Å². The Kier molecular flexibility index (Phi) is 4.35. The topological polar surface area (TPSA) is 81.0 Å². The fraction of sp³-hybridized carbons (Fsp3) is 0.0625. The van der Waals surface area contributed by atoms with Crippen LogP contribution in [0.15, 0.2) is 55.0 Å². The zero-order chi connectivity index (χ0) is 17.1. The summed E-state index contributed by atoms with van der Waals surface area (Å²) in [6.45, 7) is 0. The standard InChI is InChI=1S/C16H14ClN5O2/c1-21-16(22-8-4-5-9-22)12(10-18-21)15(24)20-19-14(23)11-6-2-3-7-13(11)17/h2-10H,1H3,(H,19,23)(H,20,24). The highest BCUT2D eigenvalue weighted by Crippen LogP contribution is 2.15. The summed E-state index contributed by atoms with van der Waals surface area (Å²) < 4.78 is 3.34. The van der Waals surface area contributed by atoms with Gasteiger partial charge in [-0.1, -0.05) is 23.7 Å². The third-order valence-electron chi connectivity index (χ3n) is 3.41. The van der Waals surface area contributed by atoms with Crippen LogP contribution in [-0.2, 0) is 7.05 Å². The highest BCUT2D eigenvalue weighted by atomic mass is 35.5. The third kappa shape index (κ3) is 3.02. The van der Waals surface area contributed by atoms with Gasteiger partial charge in [0.25, 0.3) is 11.8 Å². The van der Waals surface area contributed by atoms with Gasteiger partial charge in [0.05, 0.1) is 16.8 Å². The predicted octanol–water partition coefficient (Wildman–Crippen LogP) is 1.94. The van der Waals surface area contributed by atoms with Crippen molar-refractivity contribution in [2.75, 3.05) is 0 Å². The molecule has 0 atom stereocenters. The molecule has 0 unspecified atom stereocenters. The fourth-order valence-corrected chi connectivity index (χ4v) is 2.49. The number of carbonyl (C=O) groups excluding carboxylic acids is 2. The van der Waals surface area contributed by atoms with Gasteiger partial charge < -0.3 is 4.57 Å². The normalized spacial score (nSPS) is 10.4. The van der Waals surface area contributed by atoms with Crippen LogP contribution in [0, 0.1) is 0 Å². The van der Waals surface area contributed by atoms with Crippen molar-refractivity contribution in [2.24, 2.45) is 7.05 Å². The van der Waals surface area contributed by atoms with Crippen LogP contribution in [0.1, 0.15) is 20.7 Å². The molecule has 122 valence electrons. The van der Waals surface area contributed by atoms with E-state index in [-0.39, 0.29) is 5.56 Å². The Bertz CT molecular complexity index is 886. The Morgan fingerprint density at radius 2 is 1.62 bits per heavy atom. The first-order valence-electron chi connectivity index (χ1n) is 7.08. The van der Waals surface area contributed by atoms with Crippen molar-refractivity contribution in [1.82, 2.24) is 25.2 Å². The molecule has 3 rings (SSSR count). The summed E-state index contributed by atoms with van der Waals surface area (Å²) in [4.78, 5) is 24.5. The summed E-state index contributed by atoms with van der Waals surface area (Å²) >= 11 is 5.96. The van der Waals surface area contributed by atoms with Crippen LogP contribution in [0.5, 0.6) is 0 Å². The molecular weight excluding hydrogens is 330 g/mol. The second-order valence-electron chi connectivity index (χ2n) is 4.98. The van der Waals surface area contributed by atoms with Gasteiger partial charge in [0.1, 0.15) is 11.4 Å². The van der Waals surface area contributed by atoms with Gasteiger partial charge in [-0.05, 0) is 24.3 Å². The van der Waals surface area contributed by atoms with Crippen LogP contribution < -0.4 is 10.9 Å². The first-order chi connectivity index (χ1) is 11.6. The summed E-state index contributed by atoms with van der Waals surface area (Å²) in [6, 6.07) is 10.3. The van der Waals surface area contributed by atoms with E-state index < -0.39 is 11.8 Å². The maximum atomic E-state index is 12.4. The number of aryl methyl sites for hydroxylation is 1. The largest absolute Gasteiger partial charge is 0.308 e. The molecule has 0 spiro atoms. The maximum Gasteiger partial charge on any atom is 0.275 e. The molecule has 24 heavy (non-hydrogen) atoms. The van der Waals surface area contributed by atoms with Crippen LogP contribution in [0.25, 0.3) is 5.82 Å². The van der Waals surface area contributed by atoms with E-state index in [1.54, 1.807) is 53.0 Å². The Hall–Kier alpha value is -3.06. The molecule has 0 aliphatic carbocycles. The number of benzene rings is 1. The number of hydrazine groups is 1. The zero-order valence-electron chi connectivity index (χ0n) is 12.7. The molecule has 0 aliphatic heterocycles. The second kappa shape index (κ2) is 6.59. The smallest absolute Gasteiger partial charge is 0.275 e. The summed E-state index contributed by atoms with van der Waals surface area (Å²) in [7, 11) is 1.73. The van der Waals surface area contributed by atoms with Gasteiger partial charge in [0.15, 0.2) is 0 Å². The molecule has 0 saturated carbocycles. The van der Waals surface area contributed by atoms with Crippen LogP contribution in [0.3, 0.4) is 0 Å². The molecule has 0 saturated heterocycles. The summed E-state index contributed by atoms with van der Waals surface area (Å²) in [5.74, 6) is -0.392. The van der Waals surface area contributed by atoms with Crippen LogP contribution >= 0.6 is 11.6 Å². The summed E-state index contributed by atoms with van der Waals surface area (Å²) in [6.07, 6.45) is 5.04. The molecule has 2 amide bonds. The van der Waals surface area contributed by atoms with Crippen molar-refractivity contribution < 1.29 is 9.59 Å². The number of amides is 2. The SMILES string of the molecule is Cn1ncc(C(=O)NNC(=O)c2ccccc2Cl)c1-n1cccc1. The second-order valence-corrected chi connectivity index (χ2v) is 5.39. The molecule has 0 bridgehead atoms. The van der Waals surface area contributed by atoms with Gasteiger partial charge in [-0.25, -0.2) is 0 Å². The highest BCUT2D eigenvalue weighted by Gasteiger charge is 2.18. The van der Waals surface area contributed by atoms with Crippen LogP contribution in [-0.4, -0.2) is 26.2 Å². The van der Waals surface area contributed by atoms with Gasteiger partial charge >= 0.3 is 0 Å². The van der Waals surface area contributed by atoms with E-state index >= 15 is 0 Å². The van der Waals surface area contributed by atoms with Crippen molar-refractivity contribution in [3.05, 3.63) is 71.1 Å². The van der Waals surface area contributed by atoms with Crippen LogP contribution in [0.2, 0.25) is 5.02 Å². The van der Waals surface area contributed by atoms with E-state index in [4.69, 9.17) is 11.6 Å². The monoisotopic (exact) mass is 343 g/mol. The molecule has 2 heterocycles. The lowest BCUT2D eigenvalue weighted by Gasteiger charge is -2.10. The molecule has 0 radical (unpaired) electrons. The van der Waals surface area contributed by atoms with Crippen molar-refractivity contribution in [3.8, 4) is 5.82 Å². The molecular formula is C16H14ClN5O2. The number of carbonyl (C=O) groups is 2. The number of aromatic nitrogens is 3. The lowest BCUT2D eigenvalue weighted by molar-refractivity contribution is 0.0846. The quantitative estimate of drug-likeness (QED) is 0.713. The van der Waals surface area contributed by atoms with Gasteiger partial charge in [0, 0.05) is 19.4 Å². The van der Waals surface area contributed by atoms with E-state index in [9.17, 15) is 9.59 Å². The summed E-state index contributed by atoms with van der Waals surface area (Å²) in [5, 5.41) is 4.40. The number of nitrogens with one attached hydrogen (secondary N) is 2. The fourth-order valence-electron chi connectivity index (χ4n) is 2.27. The Balaban J connectivity index is 1.75. The van der Waals surface area contributed by atoms with E-state index in [0.717, 1.165) is 0 Å². The number of halogens is 1. The van der Waals surface area contributed by atoms with E-state index in [0.29, 0.717) is 16.4 Å². The van der Waals surface area contributed by atoms with E-state index in [1.807, 2.05) is 12.1 Å². The number of nitrogens with zero attached hydrogens (tertiary/aromatic N) is 3. The Morgan fingerprint density at radius 1 is 1.00 bits per heavy atom. The molecule has 7 nitrogen and oxygen atoms in total. The zero-order valence-corrected chi connectivity index (χ0v) is 13.5. The first-order valence-corrected chi connectivity index (χ1v) is 7.46. The lowest BCUT2D eigenvalue weighted by Crippen LogP contribution is -2.42. The van der Waals surface area contributed by atoms with Gasteiger partial charge in [0.2, 0.25) is 0 Å². The molecule has 1 aromatic carbocycles. The third-order valence-corrected chi connectivity index (χ3v) is 3.74. The Morgan fingerprint density at radius 3 is 2.29 bits per heavy atom.